The van der Waals surface area contributed by atoms with E-state index in [2.05, 4.69) is 71.2 Å². The molecule has 0 aliphatic heterocycles. The molecule has 0 aromatic heterocycles. The molecule has 2 N–H and O–H groups in total. The van der Waals surface area contributed by atoms with Gasteiger partial charge in [0.2, 0.25) is 5.91 Å². The van der Waals surface area contributed by atoms with Gasteiger partial charge in [-0.15, -0.1) is 0 Å². The van der Waals surface area contributed by atoms with Crippen molar-refractivity contribution in [2.75, 3.05) is 17.2 Å². The van der Waals surface area contributed by atoms with Crippen molar-refractivity contribution in [3.05, 3.63) is 54.0 Å². The van der Waals surface area contributed by atoms with Crippen LogP contribution >= 0.6 is 54.5 Å². The number of carbonyl (C=O) groups excluding carboxylic acids is 1. The highest BCUT2D eigenvalue weighted by Crippen LogP contribution is 2.32. The van der Waals surface area contributed by atoms with Crippen LogP contribution in [0.3, 0.4) is 0 Å². The molecule has 6 heteroatoms. The summed E-state index contributed by atoms with van der Waals surface area (Å²) in [7, 11) is 0. The van der Waals surface area contributed by atoms with Gasteiger partial charge in [0.15, 0.2) is 0 Å². The summed E-state index contributed by atoms with van der Waals surface area (Å²) in [5, 5.41) is 6.07. The number of anilines is 2. The molecule has 1 amide bonds. The first-order valence-corrected chi connectivity index (χ1v) is 9.29. The zero-order valence-electron chi connectivity index (χ0n) is 12.1. The Labute approximate surface area is 160 Å². The highest BCUT2D eigenvalue weighted by molar-refractivity contribution is 14.1. The van der Waals surface area contributed by atoms with Gasteiger partial charge in [0, 0.05) is 18.2 Å². The van der Waals surface area contributed by atoms with Gasteiger partial charge in [-0.3, -0.25) is 4.79 Å². The summed E-state index contributed by atoms with van der Waals surface area (Å²) in [6.07, 6.45) is 0. The highest BCUT2D eigenvalue weighted by Gasteiger charge is 2.10. The molecule has 0 spiro atoms. The Morgan fingerprint density at radius 2 is 1.77 bits per heavy atom. The Morgan fingerprint density at radius 3 is 2.36 bits per heavy atom. The van der Waals surface area contributed by atoms with Crippen LogP contribution in [0.2, 0.25) is 0 Å². The van der Waals surface area contributed by atoms with Gasteiger partial charge in [-0.25, -0.2) is 0 Å². The lowest BCUT2D eigenvalue weighted by Crippen LogP contribution is -2.22. The number of amides is 1. The third kappa shape index (κ3) is 4.70. The molecule has 0 aliphatic carbocycles. The zero-order valence-corrected chi connectivity index (χ0v) is 17.5. The molecule has 3 nitrogen and oxygen atoms in total. The number of benzene rings is 2. The smallest absolute Gasteiger partial charge is 0.243 e. The molecular weight excluding hydrogens is 523 g/mol. The molecule has 2 rings (SSSR count). The quantitative estimate of drug-likeness (QED) is 0.507. The zero-order chi connectivity index (χ0) is 16.3. The molecule has 116 valence electrons. The predicted octanol–water partition coefficient (Wildman–Crippen LogP) is 5.48. The maximum atomic E-state index is 12.1. The van der Waals surface area contributed by atoms with Crippen molar-refractivity contribution in [3.8, 4) is 0 Å². The van der Waals surface area contributed by atoms with E-state index in [0.717, 1.165) is 31.4 Å². The number of nitrogens with one attached hydrogen (secondary N) is 2. The summed E-state index contributed by atoms with van der Waals surface area (Å²) in [4.78, 5) is 12.1. The monoisotopic (exact) mass is 536 g/mol. The van der Waals surface area contributed by atoms with E-state index in [0.29, 0.717) is 0 Å². The Balaban J connectivity index is 2.02. The van der Waals surface area contributed by atoms with Crippen LogP contribution in [-0.4, -0.2) is 12.5 Å². The fourth-order valence-electron chi connectivity index (χ4n) is 2.00. The van der Waals surface area contributed by atoms with Crippen molar-refractivity contribution in [2.45, 2.75) is 13.8 Å². The first kappa shape index (κ1) is 17.7. The maximum absolute atomic E-state index is 12.1. The summed E-state index contributed by atoms with van der Waals surface area (Å²) >= 11 is 9.22. The number of carbonyl (C=O) groups is 1. The standard InChI is InChI=1S/C16H15Br2IN2O/c1-9-5-12(17)16(13(18)6-9)21-15(22)8-20-14-4-3-11(19)7-10(14)2/h3-7,20H,8H2,1-2H3,(H,21,22). The second-order valence-electron chi connectivity index (χ2n) is 4.96. The molecule has 0 bridgehead atoms. The first-order valence-electron chi connectivity index (χ1n) is 6.62. The predicted molar refractivity (Wildman–Crippen MR) is 108 cm³/mol. The largest absolute Gasteiger partial charge is 0.376 e. The maximum Gasteiger partial charge on any atom is 0.243 e. The van der Waals surface area contributed by atoms with Crippen LogP contribution in [0.1, 0.15) is 11.1 Å². The van der Waals surface area contributed by atoms with E-state index in [9.17, 15) is 4.79 Å². The molecule has 0 atom stereocenters. The highest BCUT2D eigenvalue weighted by atomic mass is 127. The van der Waals surface area contributed by atoms with E-state index in [1.165, 1.54) is 3.57 Å². The lowest BCUT2D eigenvalue weighted by molar-refractivity contribution is -0.114. The van der Waals surface area contributed by atoms with Gasteiger partial charge in [-0.2, -0.15) is 0 Å². The van der Waals surface area contributed by atoms with Crippen molar-refractivity contribution in [1.29, 1.82) is 0 Å². The number of halogens is 3. The van der Waals surface area contributed by atoms with Gasteiger partial charge in [0.05, 0.1) is 12.2 Å². The minimum atomic E-state index is -0.0943. The third-order valence-electron chi connectivity index (χ3n) is 3.08. The third-order valence-corrected chi connectivity index (χ3v) is 5.00. The van der Waals surface area contributed by atoms with E-state index < -0.39 is 0 Å². The van der Waals surface area contributed by atoms with Crippen molar-refractivity contribution in [2.24, 2.45) is 0 Å². The fourth-order valence-corrected chi connectivity index (χ4v) is 4.26. The summed E-state index contributed by atoms with van der Waals surface area (Å²) in [6, 6.07) is 10.0. The number of aryl methyl sites for hydroxylation is 2. The van der Waals surface area contributed by atoms with Crippen LogP contribution in [0.4, 0.5) is 11.4 Å². The molecule has 0 radical (unpaired) electrons. The van der Waals surface area contributed by atoms with Gasteiger partial charge in [-0.1, -0.05) is 0 Å². The molecule has 0 aliphatic rings. The van der Waals surface area contributed by atoms with Gasteiger partial charge in [0.1, 0.15) is 0 Å². The lowest BCUT2D eigenvalue weighted by Gasteiger charge is -2.13. The van der Waals surface area contributed by atoms with Crippen molar-refractivity contribution in [3.63, 3.8) is 0 Å². The van der Waals surface area contributed by atoms with Crippen LogP contribution in [0.5, 0.6) is 0 Å². The molecule has 0 saturated heterocycles. The van der Waals surface area contributed by atoms with Crippen LogP contribution < -0.4 is 10.6 Å². The van der Waals surface area contributed by atoms with Gasteiger partial charge in [0.25, 0.3) is 0 Å². The Morgan fingerprint density at radius 1 is 1.14 bits per heavy atom. The normalized spacial score (nSPS) is 10.4. The Bertz CT molecular complexity index is 696. The van der Waals surface area contributed by atoms with E-state index in [4.69, 9.17) is 0 Å². The number of hydrogen-bond acceptors (Lipinski definition) is 2. The van der Waals surface area contributed by atoms with Crippen LogP contribution in [-0.2, 0) is 4.79 Å². The second-order valence-corrected chi connectivity index (χ2v) is 7.92. The van der Waals surface area contributed by atoms with Crippen molar-refractivity contribution < 1.29 is 4.79 Å². The van der Waals surface area contributed by atoms with Crippen molar-refractivity contribution in [1.82, 2.24) is 0 Å². The summed E-state index contributed by atoms with van der Waals surface area (Å²) in [6.45, 7) is 4.24. The first-order chi connectivity index (χ1) is 10.4. The van der Waals surface area contributed by atoms with E-state index >= 15 is 0 Å². The minimum absolute atomic E-state index is 0.0943. The molecule has 2 aromatic rings. The fraction of sp³-hybridized carbons (Fsp3) is 0.188. The summed E-state index contributed by atoms with van der Waals surface area (Å²) in [5.41, 5.74) is 3.95. The van der Waals surface area contributed by atoms with E-state index in [1.54, 1.807) is 0 Å². The summed E-state index contributed by atoms with van der Waals surface area (Å²) < 4.78 is 2.90. The average molecular weight is 538 g/mol. The minimum Gasteiger partial charge on any atom is -0.376 e. The Kier molecular flexibility index (Phi) is 6.28. The van der Waals surface area contributed by atoms with Gasteiger partial charge >= 0.3 is 0 Å². The number of hydrogen-bond donors (Lipinski definition) is 2. The average Bonchev–Trinajstić information content (AvgIpc) is 2.42. The van der Waals surface area contributed by atoms with Crippen LogP contribution in [0.25, 0.3) is 0 Å². The summed E-state index contributed by atoms with van der Waals surface area (Å²) in [5.74, 6) is -0.0943. The van der Waals surface area contributed by atoms with E-state index in [-0.39, 0.29) is 12.5 Å². The van der Waals surface area contributed by atoms with Crippen molar-refractivity contribution >= 4 is 71.7 Å². The molecule has 0 heterocycles. The van der Waals surface area contributed by atoms with Gasteiger partial charge in [-0.05, 0) is 110 Å². The molecule has 0 unspecified atom stereocenters. The van der Waals surface area contributed by atoms with Crippen LogP contribution in [0.15, 0.2) is 39.3 Å². The van der Waals surface area contributed by atoms with Gasteiger partial charge < -0.3 is 10.6 Å². The lowest BCUT2D eigenvalue weighted by atomic mass is 10.2. The molecule has 0 saturated carbocycles. The number of rotatable bonds is 4. The topological polar surface area (TPSA) is 41.1 Å². The molecule has 22 heavy (non-hydrogen) atoms. The SMILES string of the molecule is Cc1cc(Br)c(NC(=O)CNc2ccc(I)cc2C)c(Br)c1. The molecule has 2 aromatic carbocycles. The second kappa shape index (κ2) is 7.79. The van der Waals surface area contributed by atoms with E-state index in [1.807, 2.05) is 38.1 Å². The molecular formula is C16H15Br2IN2O. The van der Waals surface area contributed by atoms with Crippen LogP contribution in [0, 0.1) is 17.4 Å². The Hall–Kier alpha value is -0.600. The molecule has 0 fully saturated rings.